The van der Waals surface area contributed by atoms with Crippen LogP contribution in [0.2, 0.25) is 0 Å². The van der Waals surface area contributed by atoms with Gasteiger partial charge >= 0.3 is 5.97 Å². The lowest BCUT2D eigenvalue weighted by Gasteiger charge is -2.22. The zero-order chi connectivity index (χ0) is 15.4. The van der Waals surface area contributed by atoms with Gasteiger partial charge in [-0.15, -0.1) is 0 Å². The third kappa shape index (κ3) is 3.43. The van der Waals surface area contributed by atoms with Gasteiger partial charge in [-0.25, -0.2) is 0 Å². The molecule has 2 aromatic carbocycles. The van der Waals surface area contributed by atoms with Crippen molar-refractivity contribution < 1.29 is 9.90 Å². The molecule has 0 aliphatic carbocycles. The van der Waals surface area contributed by atoms with Crippen molar-refractivity contribution in [2.45, 2.75) is 18.8 Å². The Morgan fingerprint density at radius 1 is 0.952 bits per heavy atom. The van der Waals surface area contributed by atoms with Gasteiger partial charge in [-0.2, -0.15) is 0 Å². The topological polar surface area (TPSA) is 40.5 Å². The van der Waals surface area contributed by atoms with Crippen LogP contribution in [-0.2, 0) is 4.79 Å². The summed E-state index contributed by atoms with van der Waals surface area (Å²) in [7, 11) is 3.94. The average molecular weight is 283 g/mol. The first kappa shape index (κ1) is 15.1. The maximum Gasteiger partial charge on any atom is 0.311 e. The zero-order valence-corrected chi connectivity index (χ0v) is 12.7. The second-order valence-electron chi connectivity index (χ2n) is 5.50. The van der Waals surface area contributed by atoms with Crippen molar-refractivity contribution in [1.29, 1.82) is 0 Å². The Morgan fingerprint density at radius 2 is 1.52 bits per heavy atom. The van der Waals surface area contributed by atoms with E-state index in [0.717, 1.165) is 16.8 Å². The highest BCUT2D eigenvalue weighted by molar-refractivity contribution is 5.77. The molecule has 2 aromatic rings. The Hall–Kier alpha value is -2.29. The van der Waals surface area contributed by atoms with Gasteiger partial charge < -0.3 is 10.0 Å². The minimum absolute atomic E-state index is 0.0751. The summed E-state index contributed by atoms with van der Waals surface area (Å²) < 4.78 is 0. The average Bonchev–Trinajstić information content (AvgIpc) is 2.48. The number of carboxylic acid groups (broad SMARTS) is 1. The van der Waals surface area contributed by atoms with Crippen LogP contribution in [0.3, 0.4) is 0 Å². The number of carboxylic acids is 1. The number of nitrogens with zero attached hydrogens (tertiary/aromatic N) is 1. The number of hydrogen-bond donors (Lipinski definition) is 1. The van der Waals surface area contributed by atoms with E-state index in [0.29, 0.717) is 0 Å². The van der Waals surface area contributed by atoms with E-state index in [1.807, 2.05) is 80.5 Å². The molecule has 1 N–H and O–H groups in total. The van der Waals surface area contributed by atoms with Gasteiger partial charge in [0.05, 0.1) is 5.92 Å². The van der Waals surface area contributed by atoms with Crippen LogP contribution in [0.15, 0.2) is 54.6 Å². The Labute approximate surface area is 125 Å². The maximum atomic E-state index is 11.7. The predicted octanol–water partition coefficient (Wildman–Crippen LogP) is 3.72. The van der Waals surface area contributed by atoms with E-state index in [9.17, 15) is 9.90 Å². The van der Waals surface area contributed by atoms with Crippen molar-refractivity contribution in [3.63, 3.8) is 0 Å². The molecule has 21 heavy (non-hydrogen) atoms. The fraction of sp³-hybridized carbons (Fsp3) is 0.278. The highest BCUT2D eigenvalue weighted by atomic mass is 16.4. The second kappa shape index (κ2) is 6.44. The van der Waals surface area contributed by atoms with Crippen molar-refractivity contribution in [3.05, 3.63) is 65.7 Å². The summed E-state index contributed by atoms with van der Waals surface area (Å²) in [6.45, 7) is 1.97. The number of benzene rings is 2. The molecule has 0 radical (unpaired) electrons. The van der Waals surface area contributed by atoms with Crippen molar-refractivity contribution in [2.75, 3.05) is 19.0 Å². The van der Waals surface area contributed by atoms with Crippen LogP contribution in [0.4, 0.5) is 5.69 Å². The van der Waals surface area contributed by atoms with E-state index in [-0.39, 0.29) is 5.92 Å². The van der Waals surface area contributed by atoms with E-state index in [4.69, 9.17) is 0 Å². The van der Waals surface area contributed by atoms with Crippen molar-refractivity contribution in [2.24, 2.45) is 0 Å². The monoisotopic (exact) mass is 283 g/mol. The van der Waals surface area contributed by atoms with Gasteiger partial charge in [0.15, 0.2) is 0 Å². The summed E-state index contributed by atoms with van der Waals surface area (Å²) in [5.41, 5.74) is 2.95. The number of rotatable bonds is 5. The molecule has 0 saturated carbocycles. The Morgan fingerprint density at radius 3 is 2.00 bits per heavy atom. The summed E-state index contributed by atoms with van der Waals surface area (Å²) in [6, 6.07) is 17.5. The summed E-state index contributed by atoms with van der Waals surface area (Å²) in [5.74, 6) is -1.40. The van der Waals surface area contributed by atoms with Gasteiger partial charge in [0.1, 0.15) is 0 Å². The first-order valence-electron chi connectivity index (χ1n) is 7.05. The van der Waals surface area contributed by atoms with E-state index in [1.54, 1.807) is 0 Å². The normalized spacial score (nSPS) is 13.5. The molecule has 0 aliphatic heterocycles. The molecule has 0 amide bonds. The highest BCUT2D eigenvalue weighted by Crippen LogP contribution is 2.33. The van der Waals surface area contributed by atoms with Crippen LogP contribution in [0.25, 0.3) is 0 Å². The van der Waals surface area contributed by atoms with Gasteiger partial charge in [0.2, 0.25) is 0 Å². The lowest BCUT2D eigenvalue weighted by Crippen LogP contribution is -2.18. The molecular weight excluding hydrogens is 262 g/mol. The van der Waals surface area contributed by atoms with E-state index in [2.05, 4.69) is 0 Å². The molecule has 0 saturated heterocycles. The second-order valence-corrected chi connectivity index (χ2v) is 5.50. The number of aliphatic carboxylic acids is 1. The smallest absolute Gasteiger partial charge is 0.311 e. The summed E-state index contributed by atoms with van der Waals surface area (Å²) in [6.07, 6.45) is 0. The number of anilines is 1. The molecule has 0 aliphatic rings. The van der Waals surface area contributed by atoms with Crippen LogP contribution in [-0.4, -0.2) is 25.2 Å². The Balaban J connectivity index is 2.33. The van der Waals surface area contributed by atoms with Crippen LogP contribution in [0.5, 0.6) is 0 Å². The van der Waals surface area contributed by atoms with Crippen LogP contribution in [0.1, 0.15) is 29.9 Å². The van der Waals surface area contributed by atoms with E-state index >= 15 is 0 Å². The van der Waals surface area contributed by atoms with Gasteiger partial charge in [-0.3, -0.25) is 4.79 Å². The number of hydrogen-bond acceptors (Lipinski definition) is 2. The molecule has 0 heterocycles. The lowest BCUT2D eigenvalue weighted by molar-refractivity contribution is -0.139. The first-order valence-corrected chi connectivity index (χ1v) is 7.05. The molecule has 0 spiro atoms. The minimum atomic E-state index is -0.788. The van der Waals surface area contributed by atoms with E-state index < -0.39 is 11.9 Å². The minimum Gasteiger partial charge on any atom is -0.481 e. The molecule has 0 aromatic heterocycles. The molecule has 110 valence electrons. The summed E-state index contributed by atoms with van der Waals surface area (Å²) in [4.78, 5) is 13.7. The molecule has 3 nitrogen and oxygen atoms in total. The first-order chi connectivity index (χ1) is 10.0. The van der Waals surface area contributed by atoms with Crippen molar-refractivity contribution >= 4 is 11.7 Å². The van der Waals surface area contributed by atoms with Gasteiger partial charge in [-0.05, 0) is 29.2 Å². The van der Waals surface area contributed by atoms with Gasteiger partial charge in [0.25, 0.3) is 0 Å². The van der Waals surface area contributed by atoms with Gasteiger partial charge in [-0.1, -0.05) is 49.4 Å². The van der Waals surface area contributed by atoms with Crippen LogP contribution >= 0.6 is 0 Å². The molecule has 3 heteroatoms. The van der Waals surface area contributed by atoms with Crippen LogP contribution < -0.4 is 4.90 Å². The standard InChI is InChI=1S/C18H21NO2/c1-13(14-7-5-4-6-8-14)17(18(20)21)15-9-11-16(12-10-15)19(2)3/h4-13,17H,1-3H3,(H,20,21). The SMILES string of the molecule is CC(c1ccccc1)C(C(=O)O)c1ccc(N(C)C)cc1. The molecule has 2 unspecified atom stereocenters. The van der Waals surface area contributed by atoms with Gasteiger partial charge in [0, 0.05) is 19.8 Å². The van der Waals surface area contributed by atoms with E-state index in [1.165, 1.54) is 0 Å². The summed E-state index contributed by atoms with van der Waals surface area (Å²) >= 11 is 0. The molecule has 0 fully saturated rings. The largest absolute Gasteiger partial charge is 0.481 e. The maximum absolute atomic E-state index is 11.7. The molecule has 2 rings (SSSR count). The lowest BCUT2D eigenvalue weighted by atomic mass is 9.82. The fourth-order valence-corrected chi connectivity index (χ4v) is 2.57. The molecule has 0 bridgehead atoms. The zero-order valence-electron chi connectivity index (χ0n) is 12.7. The molecular formula is C18H21NO2. The quantitative estimate of drug-likeness (QED) is 0.909. The Bertz CT molecular complexity index is 590. The third-order valence-corrected chi connectivity index (χ3v) is 3.86. The van der Waals surface area contributed by atoms with Crippen molar-refractivity contribution in [3.8, 4) is 0 Å². The Kier molecular flexibility index (Phi) is 4.63. The highest BCUT2D eigenvalue weighted by Gasteiger charge is 2.27. The fourth-order valence-electron chi connectivity index (χ4n) is 2.57. The third-order valence-electron chi connectivity index (χ3n) is 3.86. The predicted molar refractivity (Wildman–Crippen MR) is 86.0 cm³/mol. The molecule has 2 atom stereocenters. The summed E-state index contributed by atoms with van der Waals surface area (Å²) in [5, 5.41) is 9.63. The van der Waals surface area contributed by atoms with Crippen molar-refractivity contribution in [1.82, 2.24) is 0 Å². The van der Waals surface area contributed by atoms with Crippen LogP contribution in [0, 0.1) is 0 Å². The number of carbonyl (C=O) groups is 1.